The monoisotopic (exact) mass is 433 g/mol. The Balaban J connectivity index is 1.67. The SMILES string of the molecule is CCOC(=O)N1CCN(S(=O)(=O)c2cc3[nH]c4c(c3cc2CC)C(=O)CCC4)CC1. The summed E-state index contributed by atoms with van der Waals surface area (Å²) >= 11 is 0. The molecular formula is C21H27N3O5S. The lowest BCUT2D eigenvalue weighted by Gasteiger charge is -2.33. The second-order valence-corrected chi connectivity index (χ2v) is 9.61. The molecule has 1 aliphatic heterocycles. The van der Waals surface area contributed by atoms with Crippen LogP contribution in [0.4, 0.5) is 4.79 Å². The number of hydrogen-bond acceptors (Lipinski definition) is 5. The van der Waals surface area contributed by atoms with Gasteiger partial charge in [0.25, 0.3) is 0 Å². The van der Waals surface area contributed by atoms with Crippen molar-refractivity contribution in [2.24, 2.45) is 0 Å². The third kappa shape index (κ3) is 3.50. The number of rotatable bonds is 4. The van der Waals surface area contributed by atoms with E-state index >= 15 is 0 Å². The van der Waals surface area contributed by atoms with Gasteiger partial charge in [-0.2, -0.15) is 4.31 Å². The van der Waals surface area contributed by atoms with Gasteiger partial charge in [0.05, 0.1) is 11.5 Å². The number of aromatic amines is 1. The predicted molar refractivity (Wildman–Crippen MR) is 112 cm³/mol. The van der Waals surface area contributed by atoms with Gasteiger partial charge >= 0.3 is 6.09 Å². The van der Waals surface area contributed by atoms with Crippen molar-refractivity contribution in [2.75, 3.05) is 32.8 Å². The largest absolute Gasteiger partial charge is 0.450 e. The van der Waals surface area contributed by atoms with E-state index in [9.17, 15) is 18.0 Å². The number of H-pyrrole nitrogens is 1. The van der Waals surface area contributed by atoms with Gasteiger partial charge in [-0.15, -0.1) is 0 Å². The van der Waals surface area contributed by atoms with Crippen LogP contribution in [0.15, 0.2) is 17.0 Å². The zero-order valence-corrected chi connectivity index (χ0v) is 18.2. The molecule has 8 nitrogen and oxygen atoms in total. The molecule has 1 aromatic heterocycles. The number of aryl methyl sites for hydroxylation is 2. The number of carbonyl (C=O) groups excluding carboxylic acids is 2. The Morgan fingerprint density at radius 1 is 1.13 bits per heavy atom. The first-order valence-corrected chi connectivity index (χ1v) is 11.9. The fourth-order valence-electron chi connectivity index (χ4n) is 4.36. The minimum absolute atomic E-state index is 0.121. The Kier molecular flexibility index (Phi) is 5.59. The van der Waals surface area contributed by atoms with E-state index < -0.39 is 16.1 Å². The van der Waals surface area contributed by atoms with Crippen molar-refractivity contribution in [1.29, 1.82) is 0 Å². The molecule has 0 atom stereocenters. The van der Waals surface area contributed by atoms with E-state index in [1.54, 1.807) is 13.0 Å². The number of ketones is 1. The predicted octanol–water partition coefficient (Wildman–Crippen LogP) is 2.71. The van der Waals surface area contributed by atoms with Crippen LogP contribution in [-0.2, 0) is 27.6 Å². The number of fused-ring (bicyclic) bond motifs is 3. The van der Waals surface area contributed by atoms with Crippen LogP contribution in [0, 0.1) is 0 Å². The number of hydrogen-bond donors (Lipinski definition) is 1. The van der Waals surface area contributed by atoms with Gasteiger partial charge in [-0.25, -0.2) is 13.2 Å². The lowest BCUT2D eigenvalue weighted by Crippen LogP contribution is -2.50. The maximum atomic E-state index is 13.4. The van der Waals surface area contributed by atoms with Crippen LogP contribution in [0.5, 0.6) is 0 Å². The van der Waals surface area contributed by atoms with E-state index in [1.807, 2.05) is 13.0 Å². The van der Waals surface area contributed by atoms with Crippen LogP contribution in [0.1, 0.15) is 48.3 Å². The van der Waals surface area contributed by atoms with Crippen LogP contribution in [0.25, 0.3) is 10.9 Å². The van der Waals surface area contributed by atoms with Crippen molar-refractivity contribution in [1.82, 2.24) is 14.2 Å². The molecule has 1 N–H and O–H groups in total. The van der Waals surface area contributed by atoms with Crippen molar-refractivity contribution in [3.8, 4) is 0 Å². The lowest BCUT2D eigenvalue weighted by molar-refractivity contribution is 0.0933. The Morgan fingerprint density at radius 3 is 2.53 bits per heavy atom. The van der Waals surface area contributed by atoms with E-state index in [1.165, 1.54) is 9.21 Å². The number of piperazine rings is 1. The molecule has 0 spiro atoms. The Hall–Kier alpha value is -2.39. The van der Waals surface area contributed by atoms with Crippen LogP contribution >= 0.6 is 0 Å². The highest BCUT2D eigenvalue weighted by molar-refractivity contribution is 7.89. The molecule has 0 saturated carbocycles. The number of nitrogens with zero attached hydrogens (tertiary/aromatic N) is 2. The quantitative estimate of drug-likeness (QED) is 0.799. The Morgan fingerprint density at radius 2 is 1.87 bits per heavy atom. The summed E-state index contributed by atoms with van der Waals surface area (Å²) in [5, 5.41) is 0.817. The van der Waals surface area contributed by atoms with Gasteiger partial charge in [-0.3, -0.25) is 4.79 Å². The summed E-state index contributed by atoms with van der Waals surface area (Å²) in [7, 11) is -3.72. The first kappa shape index (κ1) is 20.9. The average molecular weight is 434 g/mol. The number of ether oxygens (including phenoxy) is 1. The smallest absolute Gasteiger partial charge is 0.409 e. The molecule has 1 aromatic carbocycles. The fraction of sp³-hybridized carbons (Fsp3) is 0.524. The molecule has 30 heavy (non-hydrogen) atoms. The number of aromatic nitrogens is 1. The van der Waals surface area contributed by atoms with Crippen LogP contribution in [-0.4, -0.2) is 67.3 Å². The van der Waals surface area contributed by atoms with Crippen LogP contribution in [0.3, 0.4) is 0 Å². The van der Waals surface area contributed by atoms with Crippen molar-refractivity contribution < 1.29 is 22.7 Å². The molecule has 162 valence electrons. The van der Waals surface area contributed by atoms with Gasteiger partial charge in [0.15, 0.2) is 5.78 Å². The lowest BCUT2D eigenvalue weighted by atomic mass is 9.94. The minimum Gasteiger partial charge on any atom is -0.450 e. The van der Waals surface area contributed by atoms with Crippen molar-refractivity contribution in [3.05, 3.63) is 29.0 Å². The number of nitrogens with one attached hydrogen (secondary N) is 1. The molecule has 2 heterocycles. The molecule has 2 aromatic rings. The molecule has 4 rings (SSSR count). The molecule has 0 unspecified atom stereocenters. The zero-order chi connectivity index (χ0) is 21.5. The van der Waals surface area contributed by atoms with Crippen LogP contribution < -0.4 is 0 Å². The van der Waals surface area contributed by atoms with Gasteiger partial charge in [0.2, 0.25) is 10.0 Å². The van der Waals surface area contributed by atoms with E-state index in [0.717, 1.165) is 29.5 Å². The van der Waals surface area contributed by atoms with E-state index in [4.69, 9.17) is 4.74 Å². The number of carbonyl (C=O) groups is 2. The summed E-state index contributed by atoms with van der Waals surface area (Å²) < 4.78 is 33.3. The van der Waals surface area contributed by atoms with Gasteiger partial charge < -0.3 is 14.6 Å². The molecule has 0 radical (unpaired) electrons. The normalized spacial score (nSPS) is 17.9. The number of Topliss-reactive ketones (excluding diaryl/α,β-unsaturated/α-hetero) is 1. The summed E-state index contributed by atoms with van der Waals surface area (Å²) in [6.45, 7) is 5.00. The molecule has 1 saturated heterocycles. The van der Waals surface area contributed by atoms with Crippen molar-refractivity contribution in [3.63, 3.8) is 0 Å². The molecule has 0 bridgehead atoms. The highest BCUT2D eigenvalue weighted by Crippen LogP contribution is 2.33. The minimum atomic E-state index is -3.72. The number of amides is 1. The third-order valence-electron chi connectivity index (χ3n) is 5.93. The number of benzene rings is 1. The first-order valence-electron chi connectivity index (χ1n) is 10.5. The number of sulfonamides is 1. The molecule has 1 aliphatic carbocycles. The van der Waals surface area contributed by atoms with E-state index in [0.29, 0.717) is 43.6 Å². The second kappa shape index (κ2) is 8.03. The summed E-state index contributed by atoms with van der Waals surface area (Å²) in [5.74, 6) is 0.121. The maximum Gasteiger partial charge on any atom is 0.409 e. The van der Waals surface area contributed by atoms with Crippen molar-refractivity contribution in [2.45, 2.75) is 44.4 Å². The van der Waals surface area contributed by atoms with Crippen LogP contribution in [0.2, 0.25) is 0 Å². The molecule has 1 fully saturated rings. The summed E-state index contributed by atoms with van der Waals surface area (Å²) in [6.07, 6.45) is 2.28. The molecule has 2 aliphatic rings. The molecular weight excluding hydrogens is 406 g/mol. The maximum absolute atomic E-state index is 13.4. The molecule has 9 heteroatoms. The standard InChI is InChI=1S/C21H27N3O5S/c1-3-14-12-15-17(22-16-6-5-7-18(25)20(15)16)13-19(14)30(27,28)24-10-8-23(9-11-24)21(26)29-4-2/h12-13,22H,3-11H2,1-2H3. The second-order valence-electron chi connectivity index (χ2n) is 7.70. The Bertz CT molecular complexity index is 1100. The van der Waals surface area contributed by atoms with Gasteiger partial charge in [0, 0.05) is 54.8 Å². The zero-order valence-electron chi connectivity index (χ0n) is 17.4. The van der Waals surface area contributed by atoms with E-state index in [2.05, 4.69) is 4.98 Å². The van der Waals surface area contributed by atoms with E-state index in [-0.39, 0.29) is 23.8 Å². The first-order chi connectivity index (χ1) is 14.4. The Labute approximate surface area is 176 Å². The van der Waals surface area contributed by atoms with Gasteiger partial charge in [-0.05, 0) is 43.9 Å². The summed E-state index contributed by atoms with van der Waals surface area (Å²) in [6, 6.07) is 3.53. The molecule has 1 amide bonds. The average Bonchev–Trinajstić information content (AvgIpc) is 3.11. The highest BCUT2D eigenvalue weighted by Gasteiger charge is 2.33. The highest BCUT2D eigenvalue weighted by atomic mass is 32.2. The van der Waals surface area contributed by atoms with Crippen molar-refractivity contribution >= 4 is 32.8 Å². The third-order valence-corrected chi connectivity index (χ3v) is 7.91. The summed E-state index contributed by atoms with van der Waals surface area (Å²) in [5.41, 5.74) is 3.02. The topological polar surface area (TPSA) is 99.8 Å². The van der Waals surface area contributed by atoms with Gasteiger partial charge in [0.1, 0.15) is 0 Å². The van der Waals surface area contributed by atoms with Gasteiger partial charge in [-0.1, -0.05) is 6.92 Å². The fourth-order valence-corrected chi connectivity index (χ4v) is 6.08. The summed E-state index contributed by atoms with van der Waals surface area (Å²) in [4.78, 5) is 29.4.